The summed E-state index contributed by atoms with van der Waals surface area (Å²) in [7, 11) is 0. The zero-order chi connectivity index (χ0) is 18.0. The minimum atomic E-state index is -0.617. The van der Waals surface area contributed by atoms with Crippen molar-refractivity contribution in [1.29, 1.82) is 0 Å². The number of hydrogen-bond acceptors (Lipinski definition) is 3. The maximum Gasteiger partial charge on any atom is 0.250 e. The van der Waals surface area contributed by atoms with Crippen LogP contribution in [0, 0.1) is 5.92 Å². The molecule has 3 rings (SSSR count). The zero-order valence-corrected chi connectivity index (χ0v) is 14.8. The van der Waals surface area contributed by atoms with Gasteiger partial charge in [0.25, 0.3) is 5.91 Å². The van der Waals surface area contributed by atoms with E-state index < -0.39 is 11.8 Å². The largest absolute Gasteiger partial charge is 0.366 e. The second-order valence-corrected chi connectivity index (χ2v) is 6.61. The van der Waals surface area contributed by atoms with Crippen LogP contribution in [0.1, 0.15) is 16.8 Å². The van der Waals surface area contributed by atoms with E-state index in [1.165, 1.54) is 0 Å². The lowest BCUT2D eigenvalue weighted by molar-refractivity contribution is -0.122. The van der Waals surface area contributed by atoms with Gasteiger partial charge >= 0.3 is 0 Å². The Morgan fingerprint density at radius 3 is 2.52 bits per heavy atom. The summed E-state index contributed by atoms with van der Waals surface area (Å²) in [6.45, 7) is 0.284. The number of benzene rings is 2. The van der Waals surface area contributed by atoms with E-state index in [1.807, 2.05) is 24.3 Å². The fourth-order valence-corrected chi connectivity index (χ4v) is 3.33. The minimum Gasteiger partial charge on any atom is -0.366 e. The number of rotatable bonds is 4. The number of anilines is 2. The van der Waals surface area contributed by atoms with Crippen molar-refractivity contribution in [2.24, 2.45) is 11.7 Å². The van der Waals surface area contributed by atoms with Gasteiger partial charge in [-0.3, -0.25) is 14.4 Å². The SMILES string of the molecule is NC(=O)c1ccccc1NC(=O)C1CC(=O)N(c2ccccc2Br)C1. The van der Waals surface area contributed by atoms with Crippen molar-refractivity contribution in [3.8, 4) is 0 Å². The molecule has 1 aliphatic rings. The smallest absolute Gasteiger partial charge is 0.250 e. The third kappa shape index (κ3) is 3.56. The molecule has 0 aliphatic carbocycles. The highest BCUT2D eigenvalue weighted by molar-refractivity contribution is 9.10. The zero-order valence-electron chi connectivity index (χ0n) is 13.2. The first-order valence-electron chi connectivity index (χ1n) is 7.72. The van der Waals surface area contributed by atoms with E-state index >= 15 is 0 Å². The third-order valence-electron chi connectivity index (χ3n) is 4.09. The highest BCUT2D eigenvalue weighted by Gasteiger charge is 2.36. The van der Waals surface area contributed by atoms with Gasteiger partial charge in [0, 0.05) is 17.4 Å². The Balaban J connectivity index is 1.76. The second kappa shape index (κ2) is 7.06. The van der Waals surface area contributed by atoms with Crippen LogP contribution in [0.5, 0.6) is 0 Å². The van der Waals surface area contributed by atoms with E-state index in [0.29, 0.717) is 5.69 Å². The average molecular weight is 402 g/mol. The highest BCUT2D eigenvalue weighted by atomic mass is 79.9. The number of hydrogen-bond donors (Lipinski definition) is 2. The molecule has 25 heavy (non-hydrogen) atoms. The molecular formula is C18H16BrN3O3. The summed E-state index contributed by atoms with van der Waals surface area (Å²) in [5, 5.41) is 2.71. The lowest BCUT2D eigenvalue weighted by Gasteiger charge is -2.18. The topological polar surface area (TPSA) is 92.5 Å². The van der Waals surface area contributed by atoms with E-state index in [4.69, 9.17) is 5.73 Å². The van der Waals surface area contributed by atoms with Gasteiger partial charge in [-0.1, -0.05) is 24.3 Å². The number of primary amides is 1. The first kappa shape index (κ1) is 17.2. The average Bonchev–Trinajstić information content (AvgIpc) is 2.97. The summed E-state index contributed by atoms with van der Waals surface area (Å²) >= 11 is 3.42. The van der Waals surface area contributed by atoms with Crippen molar-refractivity contribution in [2.75, 3.05) is 16.8 Å². The Kier molecular flexibility index (Phi) is 4.85. The van der Waals surface area contributed by atoms with E-state index in [9.17, 15) is 14.4 Å². The molecule has 1 atom stereocenters. The first-order valence-corrected chi connectivity index (χ1v) is 8.51. The van der Waals surface area contributed by atoms with Crippen LogP contribution in [0.25, 0.3) is 0 Å². The number of carbonyl (C=O) groups excluding carboxylic acids is 3. The van der Waals surface area contributed by atoms with Gasteiger partial charge in [-0.2, -0.15) is 0 Å². The van der Waals surface area contributed by atoms with Crippen LogP contribution in [0.3, 0.4) is 0 Å². The molecule has 2 aromatic carbocycles. The molecule has 2 aromatic rings. The lowest BCUT2D eigenvalue weighted by atomic mass is 10.1. The number of amides is 3. The number of nitrogens with zero attached hydrogens (tertiary/aromatic N) is 1. The standard InChI is InChI=1S/C18H16BrN3O3/c19-13-6-2-4-8-15(13)22-10-11(9-16(22)23)18(25)21-14-7-3-1-5-12(14)17(20)24/h1-8,11H,9-10H2,(H2,20,24)(H,21,25). The van der Waals surface area contributed by atoms with E-state index in [2.05, 4.69) is 21.2 Å². The second-order valence-electron chi connectivity index (χ2n) is 5.76. The molecule has 0 spiro atoms. The minimum absolute atomic E-state index is 0.116. The van der Waals surface area contributed by atoms with Crippen molar-refractivity contribution in [3.05, 3.63) is 58.6 Å². The molecule has 0 radical (unpaired) electrons. The maximum absolute atomic E-state index is 12.5. The maximum atomic E-state index is 12.5. The summed E-state index contributed by atoms with van der Waals surface area (Å²) < 4.78 is 0.795. The number of carbonyl (C=O) groups is 3. The van der Waals surface area contributed by atoms with Crippen molar-refractivity contribution in [3.63, 3.8) is 0 Å². The molecule has 1 heterocycles. The van der Waals surface area contributed by atoms with Gasteiger partial charge < -0.3 is 16.0 Å². The molecule has 1 unspecified atom stereocenters. The van der Waals surface area contributed by atoms with Crippen LogP contribution in [-0.2, 0) is 9.59 Å². The van der Waals surface area contributed by atoms with Crippen LogP contribution in [0.4, 0.5) is 11.4 Å². The summed E-state index contributed by atoms with van der Waals surface area (Å²) in [6, 6.07) is 13.9. The molecule has 0 bridgehead atoms. The molecule has 3 amide bonds. The van der Waals surface area contributed by atoms with Crippen molar-refractivity contribution in [1.82, 2.24) is 0 Å². The first-order chi connectivity index (χ1) is 12.0. The van der Waals surface area contributed by atoms with Gasteiger partial charge in [0.2, 0.25) is 11.8 Å². The summed E-state index contributed by atoms with van der Waals surface area (Å²) in [5.74, 6) is -1.54. The van der Waals surface area contributed by atoms with E-state index in [0.717, 1.165) is 10.2 Å². The Labute approximate surface area is 153 Å². The summed E-state index contributed by atoms with van der Waals surface area (Å²) in [4.78, 5) is 37.9. The molecule has 6 nitrogen and oxygen atoms in total. The Bertz CT molecular complexity index is 853. The molecule has 128 valence electrons. The lowest BCUT2D eigenvalue weighted by Crippen LogP contribution is -2.29. The molecule has 7 heteroatoms. The van der Waals surface area contributed by atoms with E-state index in [1.54, 1.807) is 29.2 Å². The monoisotopic (exact) mass is 401 g/mol. The molecular weight excluding hydrogens is 386 g/mol. The molecule has 1 saturated heterocycles. The number of nitrogens with one attached hydrogen (secondary N) is 1. The van der Waals surface area contributed by atoms with Crippen LogP contribution < -0.4 is 16.0 Å². The van der Waals surface area contributed by atoms with Crippen LogP contribution in [0.2, 0.25) is 0 Å². The number of nitrogens with two attached hydrogens (primary N) is 1. The summed E-state index contributed by atoms with van der Waals surface area (Å²) in [5.41, 5.74) is 6.65. The molecule has 0 aromatic heterocycles. The normalized spacial score (nSPS) is 16.8. The van der Waals surface area contributed by atoms with Crippen molar-refractivity contribution in [2.45, 2.75) is 6.42 Å². The van der Waals surface area contributed by atoms with Gasteiger partial charge in [-0.15, -0.1) is 0 Å². The number of halogens is 1. The van der Waals surface area contributed by atoms with Gasteiger partial charge in [-0.05, 0) is 40.2 Å². The van der Waals surface area contributed by atoms with Crippen molar-refractivity contribution < 1.29 is 14.4 Å². The predicted molar refractivity (Wildman–Crippen MR) is 98.2 cm³/mol. The molecule has 1 fully saturated rings. The fourth-order valence-electron chi connectivity index (χ4n) is 2.83. The summed E-state index contributed by atoms with van der Waals surface area (Å²) in [6.07, 6.45) is 0.117. The van der Waals surface area contributed by atoms with Crippen LogP contribution in [-0.4, -0.2) is 24.3 Å². The van der Waals surface area contributed by atoms with E-state index in [-0.39, 0.29) is 30.3 Å². The molecule has 3 N–H and O–H groups in total. The Morgan fingerprint density at radius 2 is 1.80 bits per heavy atom. The molecule has 0 saturated carbocycles. The van der Waals surface area contributed by atoms with Gasteiger partial charge in [-0.25, -0.2) is 0 Å². The predicted octanol–water partition coefficient (Wildman–Crippen LogP) is 2.54. The fraction of sp³-hybridized carbons (Fsp3) is 0.167. The van der Waals surface area contributed by atoms with Crippen molar-refractivity contribution >= 4 is 45.0 Å². The van der Waals surface area contributed by atoms with Crippen LogP contribution >= 0.6 is 15.9 Å². The van der Waals surface area contributed by atoms with Gasteiger partial charge in [0.1, 0.15) is 0 Å². The van der Waals surface area contributed by atoms with Gasteiger partial charge in [0.05, 0.1) is 22.9 Å². The van der Waals surface area contributed by atoms with Gasteiger partial charge in [0.15, 0.2) is 0 Å². The Hall–Kier alpha value is -2.67. The molecule has 1 aliphatic heterocycles. The third-order valence-corrected chi connectivity index (χ3v) is 4.76. The Morgan fingerprint density at radius 1 is 1.12 bits per heavy atom. The van der Waals surface area contributed by atoms with Crippen LogP contribution in [0.15, 0.2) is 53.0 Å². The number of para-hydroxylation sites is 2. The highest BCUT2D eigenvalue weighted by Crippen LogP contribution is 2.31. The quantitative estimate of drug-likeness (QED) is 0.823.